The average Bonchev–Trinajstić information content (AvgIpc) is 2.75. The second-order valence-electron chi connectivity index (χ2n) is 7.24. The number of carbonyl (C=O) groups is 1. The number of nitrogens with one attached hydrogen (secondary N) is 2. The Hall–Kier alpha value is -3.06. The van der Waals surface area contributed by atoms with E-state index in [1.807, 2.05) is 85.5 Å². The molecule has 0 unspecified atom stereocenters. The Kier molecular flexibility index (Phi) is 9.67. The van der Waals surface area contributed by atoms with Gasteiger partial charge < -0.3 is 25.2 Å². The number of para-hydroxylation sites is 1. The lowest BCUT2D eigenvalue weighted by Crippen LogP contribution is -2.40. The highest BCUT2D eigenvalue weighted by Crippen LogP contribution is 2.08. The van der Waals surface area contributed by atoms with Gasteiger partial charge in [-0.1, -0.05) is 30.3 Å². The molecule has 162 valence electrons. The summed E-state index contributed by atoms with van der Waals surface area (Å²) < 4.78 is 5.75. The Bertz CT molecular complexity index is 808. The third kappa shape index (κ3) is 8.13. The van der Waals surface area contributed by atoms with Crippen molar-refractivity contribution in [2.24, 2.45) is 4.99 Å². The van der Waals surface area contributed by atoms with Crippen LogP contribution in [0.1, 0.15) is 15.9 Å². The van der Waals surface area contributed by atoms with Crippen LogP contribution in [0.3, 0.4) is 0 Å². The van der Waals surface area contributed by atoms with Crippen molar-refractivity contribution >= 4 is 11.9 Å². The molecule has 0 aromatic heterocycles. The fraction of sp³-hybridized carbons (Fsp3) is 0.391. The highest BCUT2D eigenvalue weighted by Gasteiger charge is 2.08. The fourth-order valence-corrected chi connectivity index (χ4v) is 2.81. The fourth-order valence-electron chi connectivity index (χ4n) is 2.81. The van der Waals surface area contributed by atoms with E-state index in [0.717, 1.165) is 23.8 Å². The van der Waals surface area contributed by atoms with Crippen molar-refractivity contribution in [1.82, 2.24) is 20.4 Å². The van der Waals surface area contributed by atoms with Gasteiger partial charge >= 0.3 is 0 Å². The van der Waals surface area contributed by atoms with Crippen LogP contribution >= 0.6 is 0 Å². The summed E-state index contributed by atoms with van der Waals surface area (Å²) in [5.41, 5.74) is 1.68. The molecule has 2 aromatic rings. The lowest BCUT2D eigenvalue weighted by Gasteiger charge is -2.22. The molecule has 0 saturated heterocycles. The minimum Gasteiger partial charge on any atom is -0.492 e. The number of nitrogens with zero attached hydrogens (tertiary/aromatic N) is 3. The van der Waals surface area contributed by atoms with Crippen LogP contribution in [0.5, 0.6) is 5.75 Å². The number of guanidine groups is 1. The number of hydrogen-bond donors (Lipinski definition) is 2. The molecule has 0 aliphatic carbocycles. The maximum Gasteiger partial charge on any atom is 0.251 e. The lowest BCUT2D eigenvalue weighted by molar-refractivity contribution is 0.0951. The van der Waals surface area contributed by atoms with E-state index in [0.29, 0.717) is 31.8 Å². The molecule has 2 rings (SSSR count). The molecule has 2 aromatic carbocycles. The van der Waals surface area contributed by atoms with Crippen molar-refractivity contribution in [2.75, 3.05) is 54.4 Å². The molecule has 0 aliphatic heterocycles. The zero-order valence-corrected chi connectivity index (χ0v) is 18.4. The average molecular weight is 412 g/mol. The smallest absolute Gasteiger partial charge is 0.251 e. The Balaban J connectivity index is 1.81. The van der Waals surface area contributed by atoms with Gasteiger partial charge in [0.05, 0.1) is 6.54 Å². The van der Waals surface area contributed by atoms with Gasteiger partial charge in [0.1, 0.15) is 12.4 Å². The summed E-state index contributed by atoms with van der Waals surface area (Å²) in [5, 5.41) is 6.28. The van der Waals surface area contributed by atoms with Gasteiger partial charge in [-0.3, -0.25) is 9.79 Å². The summed E-state index contributed by atoms with van der Waals surface area (Å²) in [4.78, 5) is 20.7. The van der Waals surface area contributed by atoms with E-state index in [1.165, 1.54) is 0 Å². The second kappa shape index (κ2) is 12.5. The first-order valence-electron chi connectivity index (χ1n) is 10.1. The van der Waals surface area contributed by atoms with Crippen LogP contribution in [-0.4, -0.2) is 76.1 Å². The largest absolute Gasteiger partial charge is 0.492 e. The third-order valence-corrected chi connectivity index (χ3v) is 4.50. The number of ether oxygens (including phenoxy) is 1. The summed E-state index contributed by atoms with van der Waals surface area (Å²) in [5.74, 6) is 1.57. The first kappa shape index (κ1) is 23.2. The van der Waals surface area contributed by atoms with Crippen LogP contribution in [0.2, 0.25) is 0 Å². The highest BCUT2D eigenvalue weighted by atomic mass is 16.5. The third-order valence-electron chi connectivity index (χ3n) is 4.50. The van der Waals surface area contributed by atoms with Crippen LogP contribution in [0.25, 0.3) is 0 Å². The van der Waals surface area contributed by atoms with Gasteiger partial charge in [0.2, 0.25) is 0 Å². The molecule has 0 spiro atoms. The van der Waals surface area contributed by atoms with Crippen LogP contribution in [0.15, 0.2) is 59.6 Å². The molecular weight excluding hydrogens is 378 g/mol. The quantitative estimate of drug-likeness (QED) is 0.463. The summed E-state index contributed by atoms with van der Waals surface area (Å²) in [7, 11) is 7.69. The van der Waals surface area contributed by atoms with Gasteiger partial charge in [0.25, 0.3) is 5.91 Å². The van der Waals surface area contributed by atoms with Gasteiger partial charge in [-0.2, -0.15) is 0 Å². The van der Waals surface area contributed by atoms with E-state index >= 15 is 0 Å². The van der Waals surface area contributed by atoms with E-state index in [-0.39, 0.29) is 5.91 Å². The van der Waals surface area contributed by atoms with Crippen LogP contribution < -0.4 is 15.4 Å². The van der Waals surface area contributed by atoms with E-state index < -0.39 is 0 Å². The zero-order chi connectivity index (χ0) is 21.8. The summed E-state index contributed by atoms with van der Waals surface area (Å²) in [6.45, 7) is 3.27. The van der Waals surface area contributed by atoms with E-state index in [9.17, 15) is 4.79 Å². The number of hydrogen-bond acceptors (Lipinski definition) is 4. The molecule has 0 aliphatic rings. The maximum atomic E-state index is 12.3. The molecular formula is C23H33N5O2. The molecule has 30 heavy (non-hydrogen) atoms. The van der Waals surface area contributed by atoms with Gasteiger partial charge in [0, 0.05) is 39.3 Å². The first-order valence-corrected chi connectivity index (χ1v) is 10.1. The highest BCUT2D eigenvalue weighted by molar-refractivity contribution is 5.94. The van der Waals surface area contributed by atoms with E-state index in [4.69, 9.17) is 4.74 Å². The zero-order valence-electron chi connectivity index (χ0n) is 18.4. The van der Waals surface area contributed by atoms with Crippen molar-refractivity contribution in [3.8, 4) is 5.75 Å². The van der Waals surface area contributed by atoms with Crippen molar-refractivity contribution in [2.45, 2.75) is 6.54 Å². The predicted octanol–water partition coefficient (Wildman–Crippen LogP) is 2.06. The monoisotopic (exact) mass is 411 g/mol. The molecule has 7 heteroatoms. The summed E-state index contributed by atoms with van der Waals surface area (Å²) in [6.07, 6.45) is 0. The van der Waals surface area contributed by atoms with E-state index in [2.05, 4.69) is 15.6 Å². The van der Waals surface area contributed by atoms with Crippen LogP contribution in [-0.2, 0) is 6.54 Å². The predicted molar refractivity (Wildman–Crippen MR) is 122 cm³/mol. The van der Waals surface area contributed by atoms with Crippen molar-refractivity contribution in [3.63, 3.8) is 0 Å². The normalized spacial score (nSPS) is 11.3. The van der Waals surface area contributed by atoms with Gasteiger partial charge in [-0.25, -0.2) is 0 Å². The Morgan fingerprint density at radius 1 is 1.00 bits per heavy atom. The van der Waals surface area contributed by atoms with Gasteiger partial charge in [0.15, 0.2) is 5.96 Å². The lowest BCUT2D eigenvalue weighted by atomic mass is 10.1. The molecule has 0 radical (unpaired) electrons. The van der Waals surface area contributed by atoms with Gasteiger partial charge in [-0.05, 0) is 43.9 Å². The number of carbonyl (C=O) groups excluding carboxylic acids is 1. The minimum absolute atomic E-state index is 0.0572. The Morgan fingerprint density at radius 2 is 1.77 bits per heavy atom. The molecule has 7 nitrogen and oxygen atoms in total. The van der Waals surface area contributed by atoms with Gasteiger partial charge in [-0.15, -0.1) is 0 Å². The molecule has 0 atom stereocenters. The van der Waals surface area contributed by atoms with E-state index in [1.54, 1.807) is 7.05 Å². The standard InChI is InChI=1S/C23H33N5O2/c1-24-23(28(4)15-16-30-21-11-6-5-7-12-21)26-18-19-9-8-10-20(17-19)22(29)25-13-14-27(2)3/h5-12,17H,13-16,18H2,1-4H3,(H,24,26)(H,25,29). The van der Waals surface area contributed by atoms with Crippen LogP contribution in [0, 0.1) is 0 Å². The number of benzene rings is 2. The summed E-state index contributed by atoms with van der Waals surface area (Å²) >= 11 is 0. The molecule has 2 N–H and O–H groups in total. The Morgan fingerprint density at radius 3 is 2.47 bits per heavy atom. The first-order chi connectivity index (χ1) is 14.5. The second-order valence-corrected chi connectivity index (χ2v) is 7.24. The maximum absolute atomic E-state index is 12.3. The van der Waals surface area contributed by atoms with Crippen LogP contribution in [0.4, 0.5) is 0 Å². The van der Waals surface area contributed by atoms with Crippen molar-refractivity contribution < 1.29 is 9.53 Å². The molecule has 0 heterocycles. The van der Waals surface area contributed by atoms with Crippen molar-refractivity contribution in [3.05, 3.63) is 65.7 Å². The Labute approximate surface area is 179 Å². The number of likely N-dealkylation sites (N-methyl/N-ethyl adjacent to an activating group) is 2. The summed E-state index contributed by atoms with van der Waals surface area (Å²) in [6, 6.07) is 17.4. The number of aliphatic imine (C=N–C) groups is 1. The molecule has 0 bridgehead atoms. The topological polar surface area (TPSA) is 69.2 Å². The molecule has 0 saturated carbocycles. The SMILES string of the molecule is CN=C(NCc1cccc(C(=O)NCCN(C)C)c1)N(C)CCOc1ccccc1. The number of amides is 1. The number of rotatable bonds is 10. The molecule has 0 fully saturated rings. The van der Waals surface area contributed by atoms with Crippen molar-refractivity contribution in [1.29, 1.82) is 0 Å². The molecule has 1 amide bonds. The minimum atomic E-state index is -0.0572.